The van der Waals surface area contributed by atoms with Crippen molar-refractivity contribution in [3.8, 4) is 0 Å². The van der Waals surface area contributed by atoms with Crippen molar-refractivity contribution in [2.75, 3.05) is 26.2 Å². The number of piperazine rings is 1. The van der Waals surface area contributed by atoms with Gasteiger partial charge in [-0.25, -0.2) is 8.42 Å². The normalized spacial score (nSPS) is 15.8. The maximum atomic E-state index is 12.8. The second-order valence-electron chi connectivity index (χ2n) is 6.36. The van der Waals surface area contributed by atoms with Crippen LogP contribution in [-0.2, 0) is 21.2 Å². The Kier molecular flexibility index (Phi) is 5.79. The zero-order valence-electron chi connectivity index (χ0n) is 14.6. The summed E-state index contributed by atoms with van der Waals surface area (Å²) in [5.74, 6) is 0.0349. The van der Waals surface area contributed by atoms with E-state index in [2.05, 4.69) is 15.9 Å². The molecule has 1 amide bonds. The Balaban J connectivity index is 1.64. The molecule has 26 heavy (non-hydrogen) atoms. The van der Waals surface area contributed by atoms with Crippen molar-refractivity contribution in [1.82, 2.24) is 9.21 Å². The van der Waals surface area contributed by atoms with Crippen LogP contribution in [0.3, 0.4) is 0 Å². The van der Waals surface area contributed by atoms with Crippen LogP contribution in [0.5, 0.6) is 0 Å². The summed E-state index contributed by atoms with van der Waals surface area (Å²) in [4.78, 5) is 14.5. The van der Waals surface area contributed by atoms with Gasteiger partial charge in [-0.1, -0.05) is 46.3 Å². The highest BCUT2D eigenvalue weighted by Crippen LogP contribution is 2.23. The van der Waals surface area contributed by atoms with Crippen LogP contribution < -0.4 is 0 Å². The standard InChI is InChI=1S/C19H21BrN2O3S/c1-15-13-17(7-8-18(15)20)26(24,25)22-11-9-21(10-12-22)19(23)14-16-5-3-2-4-6-16/h2-8,13H,9-12,14H2,1H3. The molecule has 5 nitrogen and oxygen atoms in total. The van der Waals surface area contributed by atoms with Gasteiger partial charge >= 0.3 is 0 Å². The average Bonchev–Trinajstić information content (AvgIpc) is 2.65. The fraction of sp³-hybridized carbons (Fsp3) is 0.316. The van der Waals surface area contributed by atoms with Gasteiger partial charge in [0.05, 0.1) is 11.3 Å². The van der Waals surface area contributed by atoms with E-state index in [0.717, 1.165) is 15.6 Å². The molecule has 0 N–H and O–H groups in total. The Morgan fingerprint density at radius 1 is 1.04 bits per heavy atom. The number of carbonyl (C=O) groups excluding carboxylic acids is 1. The summed E-state index contributed by atoms with van der Waals surface area (Å²) in [6.45, 7) is 3.33. The predicted octanol–water partition coefficient (Wildman–Crippen LogP) is 2.83. The number of amides is 1. The molecule has 0 aliphatic carbocycles. The minimum Gasteiger partial charge on any atom is -0.340 e. The molecule has 0 unspecified atom stereocenters. The molecule has 0 aromatic heterocycles. The summed E-state index contributed by atoms with van der Waals surface area (Å²) in [5.41, 5.74) is 1.85. The maximum absolute atomic E-state index is 12.8. The van der Waals surface area contributed by atoms with Crippen molar-refractivity contribution in [2.45, 2.75) is 18.2 Å². The van der Waals surface area contributed by atoms with Crippen LogP contribution in [-0.4, -0.2) is 49.7 Å². The van der Waals surface area contributed by atoms with Crippen molar-refractivity contribution < 1.29 is 13.2 Å². The van der Waals surface area contributed by atoms with Crippen molar-refractivity contribution in [3.63, 3.8) is 0 Å². The topological polar surface area (TPSA) is 57.7 Å². The van der Waals surface area contributed by atoms with E-state index in [1.54, 1.807) is 23.1 Å². The van der Waals surface area contributed by atoms with Gasteiger partial charge in [0.2, 0.25) is 15.9 Å². The summed E-state index contributed by atoms with van der Waals surface area (Å²) in [6, 6.07) is 14.6. The second kappa shape index (κ2) is 7.90. The Labute approximate surface area is 162 Å². The minimum absolute atomic E-state index is 0.0349. The average molecular weight is 437 g/mol. The van der Waals surface area contributed by atoms with Gasteiger partial charge in [0.15, 0.2) is 0 Å². The van der Waals surface area contributed by atoms with Gasteiger partial charge in [0.1, 0.15) is 0 Å². The smallest absolute Gasteiger partial charge is 0.243 e. The number of carbonyl (C=O) groups is 1. The first-order chi connectivity index (χ1) is 12.4. The zero-order chi connectivity index (χ0) is 18.7. The molecule has 1 aliphatic heterocycles. The van der Waals surface area contributed by atoms with E-state index in [1.165, 1.54) is 4.31 Å². The lowest BCUT2D eigenvalue weighted by molar-refractivity contribution is -0.131. The Hall–Kier alpha value is -1.70. The predicted molar refractivity (Wildman–Crippen MR) is 104 cm³/mol. The molecule has 0 radical (unpaired) electrons. The van der Waals surface area contributed by atoms with E-state index in [0.29, 0.717) is 37.5 Å². The van der Waals surface area contributed by atoms with Crippen molar-refractivity contribution in [3.05, 3.63) is 64.1 Å². The summed E-state index contributed by atoms with van der Waals surface area (Å²) in [5, 5.41) is 0. The number of sulfonamides is 1. The Bertz CT molecular complexity index is 892. The van der Waals surface area contributed by atoms with E-state index < -0.39 is 10.0 Å². The second-order valence-corrected chi connectivity index (χ2v) is 9.15. The first-order valence-electron chi connectivity index (χ1n) is 8.46. The van der Waals surface area contributed by atoms with Crippen LogP contribution in [0.15, 0.2) is 57.9 Å². The summed E-state index contributed by atoms with van der Waals surface area (Å²) in [7, 11) is -3.53. The number of halogens is 1. The highest BCUT2D eigenvalue weighted by Gasteiger charge is 2.30. The molecule has 0 atom stereocenters. The monoisotopic (exact) mass is 436 g/mol. The summed E-state index contributed by atoms with van der Waals surface area (Å²) >= 11 is 3.39. The van der Waals surface area contributed by atoms with Crippen LogP contribution in [0.2, 0.25) is 0 Å². The molecule has 0 saturated carbocycles. The molecule has 3 rings (SSSR count). The SMILES string of the molecule is Cc1cc(S(=O)(=O)N2CCN(C(=O)Cc3ccccc3)CC2)ccc1Br. The molecule has 1 aliphatic rings. The van der Waals surface area contributed by atoms with Gasteiger partial charge in [-0.15, -0.1) is 0 Å². The molecular weight excluding hydrogens is 416 g/mol. The minimum atomic E-state index is -3.53. The molecule has 2 aromatic rings. The van der Waals surface area contributed by atoms with Gasteiger partial charge in [-0.05, 0) is 36.2 Å². The lowest BCUT2D eigenvalue weighted by Crippen LogP contribution is -2.50. The highest BCUT2D eigenvalue weighted by molar-refractivity contribution is 9.10. The van der Waals surface area contributed by atoms with Gasteiger partial charge in [-0.3, -0.25) is 4.79 Å². The van der Waals surface area contributed by atoms with E-state index in [9.17, 15) is 13.2 Å². The van der Waals surface area contributed by atoms with Crippen LogP contribution in [0, 0.1) is 6.92 Å². The number of benzene rings is 2. The number of aryl methyl sites for hydroxylation is 1. The molecule has 2 aromatic carbocycles. The first kappa shape index (κ1) is 19.1. The molecule has 138 valence electrons. The van der Waals surface area contributed by atoms with E-state index >= 15 is 0 Å². The molecule has 7 heteroatoms. The third kappa shape index (κ3) is 4.16. The molecular formula is C19H21BrN2O3S. The van der Waals surface area contributed by atoms with Gasteiger partial charge in [0.25, 0.3) is 0 Å². The van der Waals surface area contributed by atoms with E-state index in [1.807, 2.05) is 37.3 Å². The quantitative estimate of drug-likeness (QED) is 0.740. The van der Waals surface area contributed by atoms with Crippen molar-refractivity contribution in [2.24, 2.45) is 0 Å². The Morgan fingerprint density at radius 2 is 1.69 bits per heavy atom. The van der Waals surface area contributed by atoms with Gasteiger partial charge < -0.3 is 4.90 Å². The van der Waals surface area contributed by atoms with Crippen LogP contribution in [0.25, 0.3) is 0 Å². The highest BCUT2D eigenvalue weighted by atomic mass is 79.9. The first-order valence-corrected chi connectivity index (χ1v) is 10.7. The Morgan fingerprint density at radius 3 is 2.31 bits per heavy atom. The zero-order valence-corrected chi connectivity index (χ0v) is 17.0. The summed E-state index contributed by atoms with van der Waals surface area (Å²) in [6.07, 6.45) is 0.347. The largest absolute Gasteiger partial charge is 0.340 e. The van der Waals surface area contributed by atoms with Gasteiger partial charge in [-0.2, -0.15) is 4.31 Å². The number of rotatable bonds is 4. The lowest BCUT2D eigenvalue weighted by atomic mass is 10.1. The number of hydrogen-bond acceptors (Lipinski definition) is 3. The molecule has 0 bridgehead atoms. The van der Waals surface area contributed by atoms with Crippen molar-refractivity contribution in [1.29, 1.82) is 0 Å². The molecule has 1 fully saturated rings. The lowest BCUT2D eigenvalue weighted by Gasteiger charge is -2.34. The maximum Gasteiger partial charge on any atom is 0.243 e. The molecule has 1 saturated heterocycles. The van der Waals surface area contributed by atoms with E-state index in [4.69, 9.17) is 0 Å². The fourth-order valence-electron chi connectivity index (χ4n) is 2.99. The van der Waals surface area contributed by atoms with Crippen LogP contribution in [0.1, 0.15) is 11.1 Å². The number of hydrogen-bond donors (Lipinski definition) is 0. The van der Waals surface area contributed by atoms with E-state index in [-0.39, 0.29) is 5.91 Å². The van der Waals surface area contributed by atoms with Crippen molar-refractivity contribution >= 4 is 31.9 Å². The third-order valence-corrected chi connectivity index (χ3v) is 7.34. The molecule has 1 heterocycles. The van der Waals surface area contributed by atoms with Gasteiger partial charge in [0, 0.05) is 30.7 Å². The number of nitrogens with zero attached hydrogens (tertiary/aromatic N) is 2. The third-order valence-electron chi connectivity index (χ3n) is 4.56. The fourth-order valence-corrected chi connectivity index (χ4v) is 4.74. The molecule has 0 spiro atoms. The van der Waals surface area contributed by atoms with Crippen LogP contribution in [0.4, 0.5) is 0 Å². The van der Waals surface area contributed by atoms with Crippen LogP contribution >= 0.6 is 15.9 Å². The summed E-state index contributed by atoms with van der Waals surface area (Å²) < 4.78 is 28.0.